The molecule has 2 aromatic rings. The van der Waals surface area contributed by atoms with E-state index in [1.807, 2.05) is 7.05 Å². The molecule has 0 bridgehead atoms. The molecule has 0 radical (unpaired) electrons. The standard InChI is InChI=1S/C21H24Cl2FN3O3S/c1-26-11-9-16(10-12-26)25-21(28)14-27(13-18-19(23)3-2-4-20(18)24)31(29,30)17-7-5-15(22)6-8-17/h2-8,16H,9-14H2,1H3,(H,25,28). The van der Waals surface area contributed by atoms with Gasteiger partial charge in [-0.15, -0.1) is 0 Å². The van der Waals surface area contributed by atoms with E-state index in [0.29, 0.717) is 5.02 Å². The largest absolute Gasteiger partial charge is 0.352 e. The second-order valence-electron chi connectivity index (χ2n) is 7.57. The molecular weight excluding hydrogens is 464 g/mol. The van der Waals surface area contributed by atoms with Crippen LogP contribution >= 0.6 is 23.2 Å². The number of nitrogens with one attached hydrogen (secondary N) is 1. The molecule has 31 heavy (non-hydrogen) atoms. The summed E-state index contributed by atoms with van der Waals surface area (Å²) in [6.07, 6.45) is 1.57. The van der Waals surface area contributed by atoms with Gasteiger partial charge in [-0.3, -0.25) is 4.79 Å². The molecule has 0 aliphatic carbocycles. The van der Waals surface area contributed by atoms with E-state index in [2.05, 4.69) is 10.2 Å². The maximum atomic E-state index is 14.4. The van der Waals surface area contributed by atoms with Gasteiger partial charge in [0.2, 0.25) is 15.9 Å². The van der Waals surface area contributed by atoms with Gasteiger partial charge in [0, 0.05) is 28.2 Å². The van der Waals surface area contributed by atoms with Crippen LogP contribution in [0.3, 0.4) is 0 Å². The summed E-state index contributed by atoms with van der Waals surface area (Å²) in [4.78, 5) is 14.8. The van der Waals surface area contributed by atoms with Crippen molar-refractivity contribution in [2.75, 3.05) is 26.7 Å². The molecule has 6 nitrogen and oxygen atoms in total. The fourth-order valence-corrected chi connectivity index (χ4v) is 5.14. The van der Waals surface area contributed by atoms with E-state index < -0.39 is 28.3 Å². The summed E-state index contributed by atoms with van der Waals surface area (Å²) in [6.45, 7) is 0.865. The molecule has 0 saturated carbocycles. The van der Waals surface area contributed by atoms with Crippen LogP contribution in [0.4, 0.5) is 4.39 Å². The topological polar surface area (TPSA) is 69.7 Å². The van der Waals surface area contributed by atoms with E-state index in [9.17, 15) is 17.6 Å². The Labute approximate surface area is 192 Å². The molecule has 1 aliphatic heterocycles. The molecule has 0 aromatic heterocycles. The number of hydrogen-bond acceptors (Lipinski definition) is 4. The number of hydrogen-bond donors (Lipinski definition) is 1. The van der Waals surface area contributed by atoms with E-state index in [4.69, 9.17) is 23.2 Å². The normalized spacial score (nSPS) is 15.9. The van der Waals surface area contributed by atoms with Gasteiger partial charge in [0.05, 0.1) is 11.4 Å². The zero-order valence-corrected chi connectivity index (χ0v) is 19.4. The number of nitrogens with zero attached hydrogens (tertiary/aromatic N) is 2. The lowest BCUT2D eigenvalue weighted by molar-refractivity contribution is -0.122. The monoisotopic (exact) mass is 487 g/mol. The van der Waals surface area contributed by atoms with Crippen LogP contribution < -0.4 is 5.32 Å². The van der Waals surface area contributed by atoms with Gasteiger partial charge < -0.3 is 10.2 Å². The Morgan fingerprint density at radius 2 is 1.81 bits per heavy atom. The van der Waals surface area contributed by atoms with Crippen molar-refractivity contribution < 1.29 is 17.6 Å². The number of carbonyl (C=O) groups is 1. The molecule has 1 N–H and O–H groups in total. The Bertz CT molecular complexity index is 1010. The highest BCUT2D eigenvalue weighted by atomic mass is 35.5. The number of halogens is 3. The molecule has 2 aromatic carbocycles. The summed E-state index contributed by atoms with van der Waals surface area (Å²) in [7, 11) is -2.10. The van der Waals surface area contributed by atoms with Gasteiger partial charge >= 0.3 is 0 Å². The number of rotatable bonds is 7. The van der Waals surface area contributed by atoms with Crippen molar-refractivity contribution in [1.82, 2.24) is 14.5 Å². The third kappa shape index (κ3) is 6.17. The fourth-order valence-electron chi connectivity index (χ4n) is 3.43. The van der Waals surface area contributed by atoms with Gasteiger partial charge in [-0.1, -0.05) is 29.3 Å². The zero-order chi connectivity index (χ0) is 22.6. The smallest absolute Gasteiger partial charge is 0.243 e. The van der Waals surface area contributed by atoms with Crippen molar-refractivity contribution in [3.63, 3.8) is 0 Å². The van der Waals surface area contributed by atoms with Crippen LogP contribution in [-0.4, -0.2) is 56.3 Å². The Morgan fingerprint density at radius 1 is 1.16 bits per heavy atom. The molecule has 1 heterocycles. The fraction of sp³-hybridized carbons (Fsp3) is 0.381. The van der Waals surface area contributed by atoms with Crippen LogP contribution in [0.1, 0.15) is 18.4 Å². The first-order chi connectivity index (χ1) is 14.7. The average molecular weight is 488 g/mol. The lowest BCUT2D eigenvalue weighted by Gasteiger charge is -2.30. The lowest BCUT2D eigenvalue weighted by Crippen LogP contribution is -2.47. The average Bonchev–Trinajstić information content (AvgIpc) is 2.72. The number of piperidine rings is 1. The number of carbonyl (C=O) groups excluding carboxylic acids is 1. The highest BCUT2D eigenvalue weighted by Gasteiger charge is 2.29. The first-order valence-corrected chi connectivity index (χ1v) is 12.0. The Hall–Kier alpha value is -1.71. The molecule has 3 rings (SSSR count). The summed E-state index contributed by atoms with van der Waals surface area (Å²) < 4.78 is 41.9. The van der Waals surface area contributed by atoms with Crippen molar-refractivity contribution >= 4 is 39.1 Å². The maximum absolute atomic E-state index is 14.4. The quantitative estimate of drug-likeness (QED) is 0.648. The molecule has 10 heteroatoms. The van der Waals surface area contributed by atoms with E-state index in [1.54, 1.807) is 0 Å². The van der Waals surface area contributed by atoms with Crippen LogP contribution in [0.5, 0.6) is 0 Å². The second kappa shape index (κ2) is 10.3. The molecule has 168 valence electrons. The van der Waals surface area contributed by atoms with Crippen LogP contribution in [0.2, 0.25) is 10.0 Å². The Morgan fingerprint density at radius 3 is 2.42 bits per heavy atom. The minimum atomic E-state index is -4.11. The molecule has 1 fully saturated rings. The molecule has 0 spiro atoms. The van der Waals surface area contributed by atoms with E-state index in [1.165, 1.54) is 42.5 Å². The van der Waals surface area contributed by atoms with Gasteiger partial charge in [-0.05, 0) is 69.4 Å². The molecule has 1 aliphatic rings. The maximum Gasteiger partial charge on any atom is 0.243 e. The molecule has 1 saturated heterocycles. The highest BCUT2D eigenvalue weighted by Crippen LogP contribution is 2.25. The molecule has 0 unspecified atom stereocenters. The van der Waals surface area contributed by atoms with Crippen LogP contribution in [0, 0.1) is 5.82 Å². The van der Waals surface area contributed by atoms with Crippen molar-refractivity contribution in [2.45, 2.75) is 30.3 Å². The van der Waals surface area contributed by atoms with Crippen molar-refractivity contribution in [1.29, 1.82) is 0 Å². The van der Waals surface area contributed by atoms with Crippen molar-refractivity contribution in [3.05, 3.63) is 63.9 Å². The minimum absolute atomic E-state index is 0.00814. The molecule has 0 atom stereocenters. The SMILES string of the molecule is CN1CCC(NC(=O)CN(Cc2c(F)cccc2Cl)S(=O)(=O)c2ccc(Cl)cc2)CC1. The van der Waals surface area contributed by atoms with Crippen molar-refractivity contribution in [3.8, 4) is 0 Å². The van der Waals surface area contributed by atoms with E-state index >= 15 is 0 Å². The molecular formula is C21H24Cl2FN3O3S. The van der Waals surface area contributed by atoms with Crippen molar-refractivity contribution in [2.24, 2.45) is 0 Å². The summed E-state index contributed by atoms with van der Waals surface area (Å²) in [6, 6.07) is 9.68. The third-order valence-corrected chi connectivity index (χ3v) is 7.66. The number of benzene rings is 2. The van der Waals surface area contributed by atoms with Crippen LogP contribution in [0.15, 0.2) is 47.4 Å². The summed E-state index contributed by atoms with van der Waals surface area (Å²) in [5.74, 6) is -1.08. The number of amides is 1. The minimum Gasteiger partial charge on any atom is -0.352 e. The van der Waals surface area contributed by atoms with Crippen LogP contribution in [0.25, 0.3) is 0 Å². The Balaban J connectivity index is 1.85. The summed E-state index contributed by atoms with van der Waals surface area (Å²) >= 11 is 12.0. The first kappa shape index (κ1) is 23.9. The summed E-state index contributed by atoms with van der Waals surface area (Å²) in [5.41, 5.74) is 0.00814. The van der Waals surface area contributed by atoms with Gasteiger partial charge in [0.25, 0.3) is 0 Å². The first-order valence-electron chi connectivity index (χ1n) is 9.83. The van der Waals surface area contributed by atoms with E-state index in [0.717, 1.165) is 30.2 Å². The second-order valence-corrected chi connectivity index (χ2v) is 10.4. The highest BCUT2D eigenvalue weighted by molar-refractivity contribution is 7.89. The Kier molecular flexibility index (Phi) is 7.93. The van der Waals surface area contributed by atoms with Gasteiger partial charge in [-0.2, -0.15) is 4.31 Å². The number of sulfonamides is 1. The van der Waals surface area contributed by atoms with E-state index in [-0.39, 0.29) is 28.1 Å². The third-order valence-electron chi connectivity index (χ3n) is 5.25. The summed E-state index contributed by atoms with van der Waals surface area (Å²) in [5, 5.41) is 3.37. The zero-order valence-electron chi connectivity index (χ0n) is 17.0. The number of likely N-dealkylation sites (tertiary alicyclic amines) is 1. The molecule has 1 amide bonds. The lowest BCUT2D eigenvalue weighted by atomic mass is 10.1. The van der Waals surface area contributed by atoms with Crippen LogP contribution in [-0.2, 0) is 21.4 Å². The van der Waals surface area contributed by atoms with Gasteiger partial charge in [0.15, 0.2) is 0 Å². The predicted molar refractivity (Wildman–Crippen MR) is 119 cm³/mol. The predicted octanol–water partition coefficient (Wildman–Crippen LogP) is 3.53. The van der Waals surface area contributed by atoms with Gasteiger partial charge in [-0.25, -0.2) is 12.8 Å². The van der Waals surface area contributed by atoms with Gasteiger partial charge in [0.1, 0.15) is 5.82 Å².